The minimum Gasteiger partial charge on any atom is -0.495 e. The van der Waals surface area contributed by atoms with Crippen molar-refractivity contribution in [3.63, 3.8) is 0 Å². The SMILES string of the molecule is COc1cc(C(=O)O)ccc1NC(=O)[C@@H]1C[C@@H](CC(C)(C)C)[C@@]2(C(=O)Nc3c(Cl)ccnc32)[C@H]1c1cccc(Cl)c1F. The first-order chi connectivity index (χ1) is 19.8. The van der Waals surface area contributed by atoms with Crippen LogP contribution in [0.25, 0.3) is 0 Å². The van der Waals surface area contributed by atoms with Gasteiger partial charge in [-0.1, -0.05) is 56.1 Å². The second kappa shape index (κ2) is 10.9. The summed E-state index contributed by atoms with van der Waals surface area (Å²) in [7, 11) is 1.36. The van der Waals surface area contributed by atoms with Crippen molar-refractivity contribution in [3.05, 3.63) is 81.3 Å². The molecule has 42 heavy (non-hydrogen) atoms. The van der Waals surface area contributed by atoms with Gasteiger partial charge in [0.05, 0.1) is 39.8 Å². The zero-order valence-corrected chi connectivity index (χ0v) is 24.9. The minimum atomic E-state index is -1.43. The molecule has 4 atom stereocenters. The highest BCUT2D eigenvalue weighted by Crippen LogP contribution is 2.64. The van der Waals surface area contributed by atoms with Crippen LogP contribution in [0.5, 0.6) is 5.75 Å². The molecule has 220 valence electrons. The van der Waals surface area contributed by atoms with Gasteiger partial charge in [-0.05, 0) is 60.1 Å². The third kappa shape index (κ3) is 4.88. The molecule has 1 spiro atoms. The first-order valence-electron chi connectivity index (χ1n) is 13.4. The third-order valence-electron chi connectivity index (χ3n) is 8.20. The summed E-state index contributed by atoms with van der Waals surface area (Å²) in [5.41, 5.74) is -0.632. The van der Waals surface area contributed by atoms with Crippen LogP contribution in [0.3, 0.4) is 0 Å². The number of methoxy groups -OCH3 is 1. The molecule has 3 aromatic rings. The van der Waals surface area contributed by atoms with E-state index in [1.54, 1.807) is 18.2 Å². The molecule has 2 aliphatic rings. The van der Waals surface area contributed by atoms with Crippen molar-refractivity contribution >= 4 is 52.4 Å². The van der Waals surface area contributed by atoms with Gasteiger partial charge in [-0.15, -0.1) is 0 Å². The monoisotopic (exact) mass is 613 g/mol. The van der Waals surface area contributed by atoms with Gasteiger partial charge in [0.2, 0.25) is 11.8 Å². The van der Waals surface area contributed by atoms with Crippen LogP contribution in [-0.4, -0.2) is 35.0 Å². The lowest BCUT2D eigenvalue weighted by atomic mass is 9.63. The van der Waals surface area contributed by atoms with E-state index in [-0.39, 0.29) is 39.4 Å². The number of benzene rings is 2. The number of ether oxygens (including phenoxy) is 1. The van der Waals surface area contributed by atoms with Crippen LogP contribution in [0.2, 0.25) is 10.0 Å². The number of carbonyl (C=O) groups excluding carboxylic acids is 2. The maximum atomic E-state index is 15.9. The van der Waals surface area contributed by atoms with Crippen molar-refractivity contribution in [2.45, 2.75) is 44.9 Å². The lowest BCUT2D eigenvalue weighted by molar-refractivity contribution is -0.123. The zero-order chi connectivity index (χ0) is 30.6. The number of carboxylic acid groups (broad SMARTS) is 1. The van der Waals surface area contributed by atoms with E-state index < -0.39 is 46.8 Å². The molecule has 0 unspecified atom stereocenters. The number of halogens is 3. The largest absolute Gasteiger partial charge is 0.495 e. The van der Waals surface area contributed by atoms with Gasteiger partial charge in [-0.3, -0.25) is 14.6 Å². The quantitative estimate of drug-likeness (QED) is 0.278. The maximum absolute atomic E-state index is 15.9. The summed E-state index contributed by atoms with van der Waals surface area (Å²) in [4.78, 5) is 44.5. The number of carbonyl (C=O) groups is 3. The van der Waals surface area contributed by atoms with Crippen molar-refractivity contribution in [1.82, 2.24) is 4.98 Å². The average molecular weight is 615 g/mol. The first kappa shape index (κ1) is 29.8. The van der Waals surface area contributed by atoms with Gasteiger partial charge in [-0.2, -0.15) is 0 Å². The fourth-order valence-electron chi connectivity index (χ4n) is 6.68. The van der Waals surface area contributed by atoms with E-state index in [4.69, 9.17) is 27.9 Å². The number of hydrogen-bond acceptors (Lipinski definition) is 5. The minimum absolute atomic E-state index is 0.0176. The molecule has 1 fully saturated rings. The number of fused-ring (bicyclic) bond motifs is 2. The second-order valence-electron chi connectivity index (χ2n) is 12.0. The van der Waals surface area contributed by atoms with E-state index in [9.17, 15) is 19.5 Å². The number of nitrogens with zero attached hydrogens (tertiary/aromatic N) is 1. The molecular weight excluding hydrogens is 584 g/mol. The molecule has 11 heteroatoms. The Hall–Kier alpha value is -3.69. The smallest absolute Gasteiger partial charge is 0.335 e. The summed E-state index contributed by atoms with van der Waals surface area (Å²) in [5, 5.41) is 15.3. The number of amides is 2. The van der Waals surface area contributed by atoms with Gasteiger partial charge in [0, 0.05) is 18.0 Å². The second-order valence-corrected chi connectivity index (χ2v) is 12.8. The predicted molar refractivity (Wildman–Crippen MR) is 158 cm³/mol. The summed E-state index contributed by atoms with van der Waals surface area (Å²) >= 11 is 12.8. The number of aromatic nitrogens is 1. The van der Waals surface area contributed by atoms with Gasteiger partial charge in [0.15, 0.2) is 0 Å². The Morgan fingerprint density at radius 3 is 2.60 bits per heavy atom. The molecular formula is C31H30Cl2FN3O5. The molecule has 0 saturated heterocycles. The average Bonchev–Trinajstić information content (AvgIpc) is 3.41. The van der Waals surface area contributed by atoms with Crippen LogP contribution in [-0.2, 0) is 15.0 Å². The van der Waals surface area contributed by atoms with E-state index in [2.05, 4.69) is 15.6 Å². The van der Waals surface area contributed by atoms with Gasteiger partial charge < -0.3 is 20.5 Å². The van der Waals surface area contributed by atoms with Crippen LogP contribution in [0, 0.1) is 23.1 Å². The summed E-state index contributed by atoms with van der Waals surface area (Å²) in [6.45, 7) is 6.12. The molecule has 1 aromatic heterocycles. The van der Waals surface area contributed by atoms with Crippen molar-refractivity contribution in [3.8, 4) is 5.75 Å². The Labute approximate surface area is 252 Å². The van der Waals surface area contributed by atoms with E-state index in [0.717, 1.165) is 0 Å². The lowest BCUT2D eigenvalue weighted by Crippen LogP contribution is -2.45. The Balaban J connectivity index is 1.71. The molecule has 1 aliphatic heterocycles. The normalized spacial score (nSPS) is 23.0. The number of aromatic carboxylic acids is 1. The van der Waals surface area contributed by atoms with Crippen LogP contribution < -0.4 is 15.4 Å². The number of nitrogens with one attached hydrogen (secondary N) is 2. The van der Waals surface area contributed by atoms with Gasteiger partial charge >= 0.3 is 5.97 Å². The molecule has 0 radical (unpaired) electrons. The number of rotatable bonds is 6. The van der Waals surface area contributed by atoms with E-state index in [0.29, 0.717) is 22.8 Å². The Kier molecular flexibility index (Phi) is 7.70. The highest BCUT2D eigenvalue weighted by molar-refractivity contribution is 6.34. The van der Waals surface area contributed by atoms with E-state index in [1.807, 2.05) is 20.8 Å². The maximum Gasteiger partial charge on any atom is 0.335 e. The predicted octanol–water partition coefficient (Wildman–Crippen LogP) is 6.92. The van der Waals surface area contributed by atoms with Crippen molar-refractivity contribution in [2.75, 3.05) is 17.7 Å². The molecule has 2 aromatic carbocycles. The van der Waals surface area contributed by atoms with Gasteiger partial charge in [0.25, 0.3) is 0 Å². The number of pyridine rings is 1. The van der Waals surface area contributed by atoms with Crippen molar-refractivity contribution in [1.29, 1.82) is 0 Å². The molecule has 2 amide bonds. The summed E-state index contributed by atoms with van der Waals surface area (Å²) < 4.78 is 21.3. The number of carboxylic acids is 1. The zero-order valence-electron chi connectivity index (χ0n) is 23.4. The summed E-state index contributed by atoms with van der Waals surface area (Å²) in [5.74, 6) is -4.96. The Bertz CT molecular complexity index is 1610. The third-order valence-corrected chi connectivity index (χ3v) is 8.81. The molecule has 5 rings (SSSR count). The van der Waals surface area contributed by atoms with Crippen LogP contribution in [0.1, 0.15) is 61.1 Å². The fraction of sp³-hybridized carbons (Fsp3) is 0.355. The van der Waals surface area contributed by atoms with Crippen LogP contribution >= 0.6 is 23.2 Å². The summed E-state index contributed by atoms with van der Waals surface area (Å²) in [6.07, 6.45) is 2.26. The molecule has 0 bridgehead atoms. The van der Waals surface area contributed by atoms with E-state index in [1.165, 1.54) is 37.6 Å². The van der Waals surface area contributed by atoms with Gasteiger partial charge in [0.1, 0.15) is 17.0 Å². The standard InChI is InChI=1S/C31H30Cl2FN3O5/c1-30(2,3)14-16-13-18(27(38)36-21-9-8-15(28(39)40)12-22(21)42-4)23(17-6-5-7-19(32)24(17)34)31(16)26-25(37-29(31)41)20(33)10-11-35-26/h5-12,16,18,23H,13-14H2,1-4H3,(H,36,38)(H,37,41)(H,39,40)/t16-,18+,23-,31+/m0/s1. The number of anilines is 2. The fourth-order valence-corrected chi connectivity index (χ4v) is 7.05. The highest BCUT2D eigenvalue weighted by Gasteiger charge is 2.67. The van der Waals surface area contributed by atoms with Crippen molar-refractivity contribution < 1.29 is 28.6 Å². The van der Waals surface area contributed by atoms with Gasteiger partial charge in [-0.25, -0.2) is 9.18 Å². The van der Waals surface area contributed by atoms with Crippen LogP contribution in [0.15, 0.2) is 48.7 Å². The Morgan fingerprint density at radius 1 is 1.19 bits per heavy atom. The van der Waals surface area contributed by atoms with Crippen molar-refractivity contribution in [2.24, 2.45) is 17.3 Å². The molecule has 3 N–H and O–H groups in total. The van der Waals surface area contributed by atoms with Crippen LogP contribution in [0.4, 0.5) is 15.8 Å². The summed E-state index contributed by atoms with van der Waals surface area (Å²) in [6, 6.07) is 10.2. The lowest BCUT2D eigenvalue weighted by Gasteiger charge is -2.38. The number of hydrogen-bond donors (Lipinski definition) is 3. The highest BCUT2D eigenvalue weighted by atomic mass is 35.5. The first-order valence-corrected chi connectivity index (χ1v) is 14.2. The Morgan fingerprint density at radius 2 is 1.93 bits per heavy atom. The topological polar surface area (TPSA) is 118 Å². The van der Waals surface area contributed by atoms with E-state index >= 15 is 4.39 Å². The molecule has 8 nitrogen and oxygen atoms in total. The molecule has 1 aliphatic carbocycles. The molecule has 2 heterocycles. The molecule has 1 saturated carbocycles.